The molecule has 0 amide bonds. The minimum Gasteiger partial charge on any atom is -0.358 e. The Bertz CT molecular complexity index is 611. The number of hydrogen-bond donors (Lipinski definition) is 2. The van der Waals surface area contributed by atoms with Gasteiger partial charge in [-0.1, -0.05) is 46.9 Å². The largest absolute Gasteiger partial charge is 0.358 e. The van der Waals surface area contributed by atoms with Gasteiger partial charge in [0.2, 0.25) is 0 Å². The van der Waals surface area contributed by atoms with Gasteiger partial charge in [0.15, 0.2) is 5.11 Å². The fourth-order valence-electron chi connectivity index (χ4n) is 1.63. The predicted octanol–water partition coefficient (Wildman–Crippen LogP) is 5.13. The van der Waals surface area contributed by atoms with Gasteiger partial charge in [-0.3, -0.25) is 0 Å². The van der Waals surface area contributed by atoms with E-state index in [0.29, 0.717) is 26.7 Å². The number of halogens is 3. The molecule has 0 spiro atoms. The minimum absolute atomic E-state index is 0.489. The highest BCUT2D eigenvalue weighted by atomic mass is 35.5. The lowest BCUT2D eigenvalue weighted by Gasteiger charge is -2.11. The quantitative estimate of drug-likeness (QED) is 0.754. The first kappa shape index (κ1) is 15.4. The molecule has 0 aliphatic carbocycles. The molecule has 0 unspecified atom stereocenters. The molecular formula is C14H11Cl3N2S. The van der Waals surface area contributed by atoms with Crippen molar-refractivity contribution >= 4 is 57.8 Å². The van der Waals surface area contributed by atoms with Crippen LogP contribution in [0.2, 0.25) is 15.1 Å². The maximum absolute atomic E-state index is 5.92. The molecule has 2 N–H and O–H groups in total. The Hall–Kier alpha value is -1.000. The Balaban J connectivity index is 1.92. The van der Waals surface area contributed by atoms with E-state index in [9.17, 15) is 0 Å². The molecule has 0 saturated carbocycles. The minimum atomic E-state index is 0.489. The van der Waals surface area contributed by atoms with Crippen molar-refractivity contribution in [3.8, 4) is 0 Å². The van der Waals surface area contributed by atoms with Gasteiger partial charge in [0.1, 0.15) is 0 Å². The maximum Gasteiger partial charge on any atom is 0.171 e. The Morgan fingerprint density at radius 2 is 1.65 bits per heavy atom. The van der Waals surface area contributed by atoms with Crippen molar-refractivity contribution in [3.05, 3.63) is 63.1 Å². The second-order valence-electron chi connectivity index (χ2n) is 4.10. The summed E-state index contributed by atoms with van der Waals surface area (Å²) in [6.45, 7) is 0.584. The summed E-state index contributed by atoms with van der Waals surface area (Å²) in [5, 5.41) is 8.41. The van der Waals surface area contributed by atoms with E-state index in [1.165, 1.54) is 0 Å². The zero-order chi connectivity index (χ0) is 14.5. The number of rotatable bonds is 3. The van der Waals surface area contributed by atoms with E-state index in [1.54, 1.807) is 18.2 Å². The van der Waals surface area contributed by atoms with E-state index in [0.717, 1.165) is 11.3 Å². The molecular weight excluding hydrogens is 335 g/mol. The van der Waals surface area contributed by atoms with Gasteiger partial charge in [-0.05, 0) is 48.1 Å². The van der Waals surface area contributed by atoms with Crippen LogP contribution in [-0.2, 0) is 6.54 Å². The first-order valence-electron chi connectivity index (χ1n) is 5.78. The molecule has 2 aromatic carbocycles. The van der Waals surface area contributed by atoms with Crippen LogP contribution in [0.4, 0.5) is 5.69 Å². The van der Waals surface area contributed by atoms with Gasteiger partial charge in [-0.2, -0.15) is 0 Å². The average Bonchev–Trinajstić information content (AvgIpc) is 2.35. The van der Waals surface area contributed by atoms with Crippen molar-refractivity contribution in [2.24, 2.45) is 0 Å². The zero-order valence-corrected chi connectivity index (χ0v) is 13.4. The monoisotopic (exact) mass is 344 g/mol. The fourth-order valence-corrected chi connectivity index (χ4v) is 2.56. The van der Waals surface area contributed by atoms with Crippen molar-refractivity contribution in [1.82, 2.24) is 5.32 Å². The molecule has 0 aliphatic heterocycles. The molecule has 0 bridgehead atoms. The van der Waals surface area contributed by atoms with Gasteiger partial charge in [-0.15, -0.1) is 0 Å². The molecule has 0 heterocycles. The standard InChI is InChI=1S/C14H11Cl3N2S/c15-10-3-1-2-9(4-10)8-18-14(20)19-13-6-11(16)5-12(17)7-13/h1-7H,8H2,(H2,18,19,20). The number of thiocarbonyl (C=S) groups is 1. The summed E-state index contributed by atoms with van der Waals surface area (Å²) < 4.78 is 0. The molecule has 0 aliphatic rings. The van der Waals surface area contributed by atoms with Crippen LogP contribution in [0.25, 0.3) is 0 Å². The SMILES string of the molecule is S=C(NCc1cccc(Cl)c1)Nc1cc(Cl)cc(Cl)c1. The number of benzene rings is 2. The van der Waals surface area contributed by atoms with Crippen molar-refractivity contribution in [2.75, 3.05) is 5.32 Å². The molecule has 0 saturated heterocycles. The smallest absolute Gasteiger partial charge is 0.171 e. The third kappa shape index (κ3) is 4.84. The molecule has 2 nitrogen and oxygen atoms in total. The summed E-state index contributed by atoms with van der Waals surface area (Å²) in [6, 6.07) is 12.7. The maximum atomic E-state index is 5.92. The van der Waals surface area contributed by atoms with Crippen molar-refractivity contribution < 1.29 is 0 Å². The van der Waals surface area contributed by atoms with Gasteiger partial charge >= 0.3 is 0 Å². The van der Waals surface area contributed by atoms with Crippen LogP contribution in [0.3, 0.4) is 0 Å². The number of nitrogens with one attached hydrogen (secondary N) is 2. The van der Waals surface area contributed by atoms with E-state index in [-0.39, 0.29) is 0 Å². The lowest BCUT2D eigenvalue weighted by molar-refractivity contribution is 0.926. The van der Waals surface area contributed by atoms with E-state index in [4.69, 9.17) is 47.0 Å². The normalized spacial score (nSPS) is 10.2. The summed E-state index contributed by atoms with van der Waals surface area (Å²) >= 11 is 23.0. The second-order valence-corrected chi connectivity index (χ2v) is 5.81. The highest BCUT2D eigenvalue weighted by Gasteiger charge is 2.01. The molecule has 2 rings (SSSR count). The van der Waals surface area contributed by atoms with E-state index in [2.05, 4.69) is 10.6 Å². The first-order valence-corrected chi connectivity index (χ1v) is 7.32. The van der Waals surface area contributed by atoms with Crippen LogP contribution >= 0.6 is 47.0 Å². The molecule has 0 fully saturated rings. The highest BCUT2D eigenvalue weighted by molar-refractivity contribution is 7.80. The molecule has 0 radical (unpaired) electrons. The molecule has 104 valence electrons. The molecule has 6 heteroatoms. The zero-order valence-electron chi connectivity index (χ0n) is 10.3. The number of anilines is 1. The van der Waals surface area contributed by atoms with Gasteiger partial charge in [0, 0.05) is 27.3 Å². The van der Waals surface area contributed by atoms with Crippen LogP contribution in [0.5, 0.6) is 0 Å². The Morgan fingerprint density at radius 3 is 2.30 bits per heavy atom. The van der Waals surface area contributed by atoms with Crippen molar-refractivity contribution in [2.45, 2.75) is 6.54 Å². The third-order valence-corrected chi connectivity index (χ3v) is 3.38. The van der Waals surface area contributed by atoms with Crippen LogP contribution in [-0.4, -0.2) is 5.11 Å². The van der Waals surface area contributed by atoms with Gasteiger partial charge in [0.25, 0.3) is 0 Å². The summed E-state index contributed by atoms with van der Waals surface area (Å²) in [5.74, 6) is 0. The molecule has 20 heavy (non-hydrogen) atoms. The Labute approximate surface area is 138 Å². The Morgan fingerprint density at radius 1 is 0.950 bits per heavy atom. The topological polar surface area (TPSA) is 24.1 Å². The van der Waals surface area contributed by atoms with Crippen LogP contribution in [0.1, 0.15) is 5.56 Å². The highest BCUT2D eigenvalue weighted by Crippen LogP contribution is 2.22. The lowest BCUT2D eigenvalue weighted by atomic mass is 10.2. The van der Waals surface area contributed by atoms with E-state index < -0.39 is 0 Å². The van der Waals surface area contributed by atoms with Gasteiger partial charge < -0.3 is 10.6 Å². The molecule has 2 aromatic rings. The average molecular weight is 346 g/mol. The van der Waals surface area contributed by atoms with Gasteiger partial charge in [0.05, 0.1) is 0 Å². The number of hydrogen-bond acceptors (Lipinski definition) is 1. The predicted molar refractivity (Wildman–Crippen MR) is 91.0 cm³/mol. The van der Waals surface area contributed by atoms with Crippen molar-refractivity contribution in [1.29, 1.82) is 0 Å². The van der Waals surface area contributed by atoms with Crippen molar-refractivity contribution in [3.63, 3.8) is 0 Å². The summed E-state index contributed by atoms with van der Waals surface area (Å²) in [4.78, 5) is 0. The van der Waals surface area contributed by atoms with Crippen LogP contribution < -0.4 is 10.6 Å². The van der Waals surface area contributed by atoms with Crippen LogP contribution in [0.15, 0.2) is 42.5 Å². The lowest BCUT2D eigenvalue weighted by Crippen LogP contribution is -2.27. The van der Waals surface area contributed by atoms with E-state index >= 15 is 0 Å². The Kier molecular flexibility index (Phi) is 5.49. The molecule has 0 atom stereocenters. The summed E-state index contributed by atoms with van der Waals surface area (Å²) in [5.41, 5.74) is 1.79. The van der Waals surface area contributed by atoms with E-state index in [1.807, 2.05) is 24.3 Å². The third-order valence-electron chi connectivity index (χ3n) is 2.46. The second kappa shape index (κ2) is 7.14. The fraction of sp³-hybridized carbons (Fsp3) is 0.0714. The molecule has 0 aromatic heterocycles. The first-order chi connectivity index (χ1) is 9.52. The summed E-state index contributed by atoms with van der Waals surface area (Å²) in [7, 11) is 0. The van der Waals surface area contributed by atoms with Crippen LogP contribution in [0, 0.1) is 0 Å². The van der Waals surface area contributed by atoms with Gasteiger partial charge in [-0.25, -0.2) is 0 Å². The summed E-state index contributed by atoms with van der Waals surface area (Å²) in [6.07, 6.45) is 0.